The molecule has 0 aliphatic heterocycles. The molecule has 3 nitrogen and oxygen atoms in total. The highest BCUT2D eigenvalue weighted by Crippen LogP contribution is 2.62. The van der Waals surface area contributed by atoms with Crippen LogP contribution < -0.4 is 0 Å². The summed E-state index contributed by atoms with van der Waals surface area (Å²) in [6.45, 7) is 4.51. The van der Waals surface area contributed by atoms with E-state index in [1.54, 1.807) is 0 Å². The van der Waals surface area contributed by atoms with Gasteiger partial charge in [-0.1, -0.05) is 13.8 Å². The smallest absolute Gasteiger partial charge is 0.305 e. The Kier molecular flexibility index (Phi) is 2.53. The van der Waals surface area contributed by atoms with E-state index in [4.69, 9.17) is 5.11 Å². The van der Waals surface area contributed by atoms with Crippen molar-refractivity contribution in [1.29, 1.82) is 0 Å². The first-order valence-electron chi connectivity index (χ1n) is 5.82. The maximum Gasteiger partial charge on any atom is 0.305 e. The first-order chi connectivity index (χ1) is 6.93. The van der Waals surface area contributed by atoms with Gasteiger partial charge in [0.1, 0.15) is 0 Å². The standard InChI is InChI=1S/C12H20O3/c1-12(2)7-3-4-8(9(12)5-7)10(13)6-11(14)15/h7-10,13H,3-6H2,1-2H3,(H,14,15)/t7-,8?,9-,10-/m0/s1. The molecule has 0 heterocycles. The lowest BCUT2D eigenvalue weighted by atomic mass is 9.45. The fourth-order valence-electron chi connectivity index (χ4n) is 3.66. The van der Waals surface area contributed by atoms with Crippen LogP contribution >= 0.6 is 0 Å². The van der Waals surface area contributed by atoms with E-state index in [0.717, 1.165) is 18.8 Å². The van der Waals surface area contributed by atoms with Gasteiger partial charge < -0.3 is 10.2 Å². The van der Waals surface area contributed by atoms with Gasteiger partial charge in [0.15, 0.2) is 0 Å². The zero-order valence-electron chi connectivity index (χ0n) is 9.44. The summed E-state index contributed by atoms with van der Waals surface area (Å²) in [6.07, 6.45) is 2.61. The molecule has 0 spiro atoms. The Hall–Kier alpha value is -0.570. The Morgan fingerprint density at radius 3 is 2.60 bits per heavy atom. The molecule has 3 aliphatic carbocycles. The summed E-state index contributed by atoms with van der Waals surface area (Å²) in [5.41, 5.74) is 0.322. The molecule has 86 valence electrons. The van der Waals surface area contributed by atoms with E-state index in [9.17, 15) is 9.90 Å². The largest absolute Gasteiger partial charge is 0.481 e. The number of aliphatic carboxylic acids is 1. The number of carboxylic acid groups (broad SMARTS) is 1. The van der Waals surface area contributed by atoms with Gasteiger partial charge in [-0.25, -0.2) is 0 Å². The molecule has 3 rings (SSSR count). The summed E-state index contributed by atoms with van der Waals surface area (Å²) < 4.78 is 0. The van der Waals surface area contributed by atoms with Crippen molar-refractivity contribution < 1.29 is 15.0 Å². The minimum atomic E-state index is -0.887. The maximum absolute atomic E-state index is 10.6. The molecule has 4 atom stereocenters. The van der Waals surface area contributed by atoms with E-state index in [2.05, 4.69) is 13.8 Å². The average molecular weight is 212 g/mol. The molecule has 0 aromatic carbocycles. The predicted octanol–water partition coefficient (Wildman–Crippen LogP) is 1.89. The SMILES string of the molecule is CC1(C)[C@H]2CCC([C@@H](O)CC(=O)O)[C@@H]1C2. The summed E-state index contributed by atoms with van der Waals surface area (Å²) in [5, 5.41) is 18.6. The van der Waals surface area contributed by atoms with Gasteiger partial charge in [0.2, 0.25) is 0 Å². The molecule has 3 fully saturated rings. The number of aliphatic hydroxyl groups is 1. The van der Waals surface area contributed by atoms with E-state index in [1.807, 2.05) is 0 Å². The van der Waals surface area contributed by atoms with Crippen molar-refractivity contribution in [3.8, 4) is 0 Å². The lowest BCUT2D eigenvalue weighted by Crippen LogP contribution is -2.55. The van der Waals surface area contributed by atoms with Gasteiger partial charge in [-0.3, -0.25) is 4.79 Å². The molecular weight excluding hydrogens is 192 g/mol. The molecule has 0 saturated heterocycles. The van der Waals surface area contributed by atoms with Crippen molar-refractivity contribution in [3.05, 3.63) is 0 Å². The number of rotatable bonds is 3. The van der Waals surface area contributed by atoms with E-state index in [0.29, 0.717) is 11.3 Å². The second-order valence-corrected chi connectivity index (χ2v) is 5.77. The van der Waals surface area contributed by atoms with Crippen LogP contribution in [-0.2, 0) is 4.79 Å². The highest BCUT2D eigenvalue weighted by atomic mass is 16.4. The molecule has 2 bridgehead atoms. The molecule has 0 amide bonds. The van der Waals surface area contributed by atoms with Gasteiger partial charge >= 0.3 is 5.97 Å². The molecular formula is C12H20O3. The van der Waals surface area contributed by atoms with Crippen LogP contribution in [-0.4, -0.2) is 22.3 Å². The topological polar surface area (TPSA) is 57.5 Å². The van der Waals surface area contributed by atoms with Crippen LogP contribution in [0.15, 0.2) is 0 Å². The van der Waals surface area contributed by atoms with E-state index in [-0.39, 0.29) is 12.3 Å². The van der Waals surface area contributed by atoms with Crippen LogP contribution in [0.3, 0.4) is 0 Å². The normalized spacial score (nSPS) is 39.3. The summed E-state index contributed by atoms with van der Waals surface area (Å²) in [6, 6.07) is 0. The fourth-order valence-corrected chi connectivity index (χ4v) is 3.66. The molecule has 0 radical (unpaired) electrons. The van der Waals surface area contributed by atoms with Crippen molar-refractivity contribution in [3.63, 3.8) is 0 Å². The predicted molar refractivity (Wildman–Crippen MR) is 56.4 cm³/mol. The quantitative estimate of drug-likeness (QED) is 0.751. The Balaban J connectivity index is 2.01. The van der Waals surface area contributed by atoms with Crippen LogP contribution in [0.2, 0.25) is 0 Å². The number of fused-ring (bicyclic) bond motifs is 2. The molecule has 3 aliphatic rings. The van der Waals surface area contributed by atoms with Crippen LogP contribution in [0.5, 0.6) is 0 Å². The highest BCUT2D eigenvalue weighted by molar-refractivity contribution is 5.67. The van der Waals surface area contributed by atoms with Gasteiger partial charge in [0.05, 0.1) is 12.5 Å². The minimum absolute atomic E-state index is 0.0953. The number of hydrogen-bond acceptors (Lipinski definition) is 2. The Morgan fingerprint density at radius 2 is 2.13 bits per heavy atom. The Labute approximate surface area is 90.5 Å². The van der Waals surface area contributed by atoms with Crippen LogP contribution in [0.1, 0.15) is 39.5 Å². The zero-order chi connectivity index (χ0) is 11.2. The first kappa shape index (κ1) is 10.9. The fraction of sp³-hybridized carbons (Fsp3) is 0.917. The van der Waals surface area contributed by atoms with Crippen molar-refractivity contribution in [2.75, 3.05) is 0 Å². The second-order valence-electron chi connectivity index (χ2n) is 5.77. The van der Waals surface area contributed by atoms with Crippen molar-refractivity contribution >= 4 is 5.97 Å². The number of hydrogen-bond donors (Lipinski definition) is 2. The third-order valence-electron chi connectivity index (χ3n) is 4.79. The average Bonchev–Trinajstić information content (AvgIpc) is 2.16. The lowest BCUT2D eigenvalue weighted by Gasteiger charge is -2.61. The molecule has 0 aromatic rings. The molecule has 2 N–H and O–H groups in total. The van der Waals surface area contributed by atoms with Crippen molar-refractivity contribution in [1.82, 2.24) is 0 Å². The molecule has 1 unspecified atom stereocenters. The van der Waals surface area contributed by atoms with Gasteiger partial charge in [-0.05, 0) is 42.4 Å². The van der Waals surface area contributed by atoms with E-state index in [1.165, 1.54) is 6.42 Å². The highest BCUT2D eigenvalue weighted by Gasteiger charge is 2.55. The Morgan fingerprint density at radius 1 is 1.47 bits per heavy atom. The summed E-state index contributed by atoms with van der Waals surface area (Å²) in [4.78, 5) is 10.6. The van der Waals surface area contributed by atoms with Gasteiger partial charge in [0, 0.05) is 0 Å². The van der Waals surface area contributed by atoms with E-state index < -0.39 is 12.1 Å². The van der Waals surface area contributed by atoms with Gasteiger partial charge in [-0.15, -0.1) is 0 Å². The third-order valence-corrected chi connectivity index (χ3v) is 4.79. The molecule has 0 aromatic heterocycles. The second kappa shape index (κ2) is 3.48. The number of carboxylic acids is 1. The lowest BCUT2D eigenvalue weighted by molar-refractivity contribution is -0.153. The van der Waals surface area contributed by atoms with Crippen LogP contribution in [0, 0.1) is 23.2 Å². The minimum Gasteiger partial charge on any atom is -0.481 e. The number of carbonyl (C=O) groups is 1. The van der Waals surface area contributed by atoms with Crippen LogP contribution in [0.4, 0.5) is 0 Å². The first-order valence-corrected chi connectivity index (χ1v) is 5.82. The molecule has 3 saturated carbocycles. The van der Waals surface area contributed by atoms with Crippen molar-refractivity contribution in [2.45, 2.75) is 45.6 Å². The maximum atomic E-state index is 10.6. The summed E-state index contributed by atoms with van der Waals surface area (Å²) >= 11 is 0. The van der Waals surface area contributed by atoms with Crippen LogP contribution in [0.25, 0.3) is 0 Å². The molecule has 15 heavy (non-hydrogen) atoms. The zero-order valence-corrected chi connectivity index (χ0v) is 9.44. The van der Waals surface area contributed by atoms with Gasteiger partial charge in [0.25, 0.3) is 0 Å². The number of aliphatic hydroxyl groups excluding tert-OH is 1. The van der Waals surface area contributed by atoms with Gasteiger partial charge in [-0.2, -0.15) is 0 Å². The summed E-state index contributed by atoms with van der Waals surface area (Å²) in [5.74, 6) is 0.657. The summed E-state index contributed by atoms with van der Waals surface area (Å²) in [7, 11) is 0. The third kappa shape index (κ3) is 1.67. The monoisotopic (exact) mass is 212 g/mol. The van der Waals surface area contributed by atoms with Crippen molar-refractivity contribution in [2.24, 2.45) is 23.2 Å². The Bertz CT molecular complexity index is 270. The van der Waals surface area contributed by atoms with E-state index >= 15 is 0 Å². The molecule has 3 heteroatoms.